The Bertz CT molecular complexity index is 1450. The van der Waals surface area contributed by atoms with Crippen LogP contribution in [0.4, 0.5) is 0 Å². The molecule has 2 heteroatoms. The van der Waals surface area contributed by atoms with E-state index in [1.165, 1.54) is 45.6 Å². The molecule has 0 radical (unpaired) electrons. The van der Waals surface area contributed by atoms with Crippen molar-refractivity contribution < 1.29 is 23.2 Å². The minimum Gasteiger partial charge on any atom is -0.0622 e. The molecule has 1 aromatic heterocycles. The van der Waals surface area contributed by atoms with Gasteiger partial charge in [0.2, 0.25) is 0 Å². The van der Waals surface area contributed by atoms with Crippen LogP contribution in [0.5, 0.6) is 0 Å². The van der Waals surface area contributed by atoms with E-state index in [4.69, 9.17) is 0 Å². The molecular weight excluding hydrogens is 538 g/mol. The first-order valence-corrected chi connectivity index (χ1v) is 16.3. The summed E-state index contributed by atoms with van der Waals surface area (Å²) < 4.78 is 4.83. The number of hydrogen-bond donors (Lipinski definition) is 0. The van der Waals surface area contributed by atoms with Crippen LogP contribution in [0.2, 0.25) is 0 Å². The van der Waals surface area contributed by atoms with Crippen LogP contribution in [0, 0.1) is 13.8 Å². The van der Waals surface area contributed by atoms with E-state index in [-0.39, 0.29) is 0 Å². The van der Waals surface area contributed by atoms with E-state index < -0.39 is 23.2 Å². The summed E-state index contributed by atoms with van der Waals surface area (Å²) in [5, 5.41) is 0. The fraction of sp³-hybridized carbons (Fsp3) is 0.222. The van der Waals surface area contributed by atoms with E-state index in [2.05, 4.69) is 142 Å². The van der Waals surface area contributed by atoms with Gasteiger partial charge in [0.25, 0.3) is 0 Å². The van der Waals surface area contributed by atoms with E-state index in [0.29, 0.717) is 3.63 Å². The molecule has 0 fully saturated rings. The van der Waals surface area contributed by atoms with E-state index in [9.17, 15) is 0 Å². The molecule has 3 aromatic carbocycles. The van der Waals surface area contributed by atoms with Gasteiger partial charge in [-0.2, -0.15) is 0 Å². The van der Waals surface area contributed by atoms with Crippen LogP contribution in [0.3, 0.4) is 0 Å². The maximum absolute atomic E-state index is 2.44. The topological polar surface area (TPSA) is 4.93 Å². The van der Waals surface area contributed by atoms with Crippen molar-refractivity contribution in [3.63, 3.8) is 0 Å². The smallest absolute Gasteiger partial charge is 0.0238 e. The number of aryl methyl sites for hydroxylation is 4. The number of hydrogen-bond acceptors (Lipinski definition) is 0. The van der Waals surface area contributed by atoms with Gasteiger partial charge in [0.15, 0.2) is 0 Å². The molecule has 2 aliphatic rings. The second-order valence-electron chi connectivity index (χ2n) is 10.5. The number of fused-ring (bicyclic) bond motifs is 1. The molecule has 1 heterocycles. The molecule has 38 heavy (non-hydrogen) atoms. The van der Waals surface area contributed by atoms with E-state index >= 15 is 0 Å². The second-order valence-corrected chi connectivity index (χ2v) is 14.1. The Labute approximate surface area is 240 Å². The molecule has 2 aliphatic carbocycles. The zero-order chi connectivity index (χ0) is 26.5. The van der Waals surface area contributed by atoms with Gasteiger partial charge < -0.3 is 0 Å². The quantitative estimate of drug-likeness (QED) is 0.216. The van der Waals surface area contributed by atoms with Gasteiger partial charge in [-0.3, -0.25) is 0 Å². The van der Waals surface area contributed by atoms with Gasteiger partial charge in [0, 0.05) is 0 Å². The third-order valence-corrected chi connectivity index (χ3v) is 12.2. The Balaban J connectivity index is 0.000000179. The Morgan fingerprint density at radius 3 is 1.92 bits per heavy atom. The predicted molar refractivity (Wildman–Crippen MR) is 159 cm³/mol. The van der Waals surface area contributed by atoms with Gasteiger partial charge in [-0.25, -0.2) is 0 Å². The number of rotatable bonds is 6. The normalized spacial score (nSPS) is 15.9. The van der Waals surface area contributed by atoms with Crippen molar-refractivity contribution in [1.29, 1.82) is 0 Å². The summed E-state index contributed by atoms with van der Waals surface area (Å²) in [4.78, 5) is 0. The number of benzene rings is 3. The Morgan fingerprint density at radius 2 is 1.37 bits per heavy atom. The third kappa shape index (κ3) is 6.19. The molecule has 0 amide bonds. The van der Waals surface area contributed by atoms with Crippen LogP contribution in [-0.2, 0) is 36.1 Å². The van der Waals surface area contributed by atoms with E-state index in [1.807, 2.05) is 0 Å². The summed E-state index contributed by atoms with van der Waals surface area (Å²) in [5.41, 5.74) is 13.1. The first-order chi connectivity index (χ1) is 18.5. The fourth-order valence-electron chi connectivity index (χ4n) is 5.41. The average molecular weight is 575 g/mol. The zero-order valence-electron chi connectivity index (χ0n) is 23.0. The summed E-state index contributed by atoms with van der Waals surface area (Å²) >= 11 is -0.721. The first-order valence-electron chi connectivity index (χ1n) is 13.7. The van der Waals surface area contributed by atoms with Crippen LogP contribution in [0.25, 0.3) is 11.8 Å². The van der Waals surface area contributed by atoms with Crippen molar-refractivity contribution in [3.05, 3.63) is 151 Å². The Kier molecular flexibility index (Phi) is 8.60. The zero-order valence-corrected chi connectivity index (χ0v) is 25.5. The molecule has 1 nitrogen and oxygen atoms in total. The van der Waals surface area contributed by atoms with E-state index in [1.54, 1.807) is 14.4 Å². The Morgan fingerprint density at radius 1 is 0.763 bits per heavy atom. The maximum atomic E-state index is 2.44. The molecule has 190 valence electrons. The predicted octanol–water partition coefficient (Wildman–Crippen LogP) is 9.34. The van der Waals surface area contributed by atoms with Crippen LogP contribution in [-0.4, -0.2) is 4.57 Å². The number of allylic oxidation sites excluding steroid dienone is 5. The molecule has 1 atom stereocenters. The maximum Gasteiger partial charge on any atom is -0.0238 e. The van der Waals surface area contributed by atoms with Gasteiger partial charge in [0.05, 0.1) is 0 Å². The van der Waals surface area contributed by atoms with Crippen molar-refractivity contribution in [3.8, 4) is 0 Å². The fourth-order valence-corrected chi connectivity index (χ4v) is 9.76. The number of nitrogens with zero attached hydrogens (tertiary/aromatic N) is 1. The summed E-state index contributed by atoms with van der Waals surface area (Å²) in [7, 11) is 0. The molecule has 1 unspecified atom stereocenters. The Hall–Kier alpha value is -2.96. The third-order valence-electron chi connectivity index (χ3n) is 7.70. The molecule has 0 saturated carbocycles. The van der Waals surface area contributed by atoms with Crippen molar-refractivity contribution in [2.75, 3.05) is 0 Å². The SMILES string of the molecule is CC1=CC[C]([Zr][CH]2C(n3cc(C)cc3C)=Cc3ccccc32)=C1C.c1ccc(CCc2ccccc2)cc1. The number of aromatic nitrogens is 1. The molecule has 0 N–H and O–H groups in total. The van der Waals surface area contributed by atoms with Gasteiger partial charge in [-0.15, -0.1) is 0 Å². The summed E-state index contributed by atoms with van der Waals surface area (Å²) in [5.74, 6) is 0. The molecular formula is C36H37NZr. The minimum absolute atomic E-state index is 0.625. The minimum atomic E-state index is -0.721. The van der Waals surface area contributed by atoms with Gasteiger partial charge in [-0.05, 0) is 24.0 Å². The van der Waals surface area contributed by atoms with Crippen molar-refractivity contribution in [1.82, 2.24) is 4.57 Å². The molecule has 0 saturated heterocycles. The van der Waals surface area contributed by atoms with Gasteiger partial charge >= 0.3 is 157 Å². The average Bonchev–Trinajstić information content (AvgIpc) is 3.59. The summed E-state index contributed by atoms with van der Waals surface area (Å²) in [6.45, 7) is 9.01. The van der Waals surface area contributed by atoms with Gasteiger partial charge in [0.1, 0.15) is 0 Å². The summed E-state index contributed by atoms with van der Waals surface area (Å²) in [6.07, 6.45) is 10.6. The van der Waals surface area contributed by atoms with Crippen molar-refractivity contribution >= 4 is 11.8 Å². The molecule has 0 aliphatic heterocycles. The second kappa shape index (κ2) is 12.3. The molecule has 0 bridgehead atoms. The largest absolute Gasteiger partial charge is 0.0622 e. The van der Waals surface area contributed by atoms with Gasteiger partial charge in [-0.1, -0.05) is 60.7 Å². The summed E-state index contributed by atoms with van der Waals surface area (Å²) in [6, 6.07) is 32.5. The molecule has 0 spiro atoms. The molecule has 4 aromatic rings. The standard InChI is InChI=1S/C15H14N.C14H14.C7H9.Zr/c1-11-7-12(2)16(10-11)15-8-13-5-3-4-6-14(13)9-15;1-3-7-13(8-4-1)11-12-14-9-5-2-6-10-14;1-6-4-3-5-7(6)2;/h3-10H,1-2H3;1-10H,11-12H2;4H,3H2,1-2H3;. The van der Waals surface area contributed by atoms with Crippen LogP contribution >= 0.6 is 0 Å². The monoisotopic (exact) mass is 573 g/mol. The van der Waals surface area contributed by atoms with Crippen LogP contribution < -0.4 is 0 Å². The van der Waals surface area contributed by atoms with E-state index in [0.717, 1.165) is 12.8 Å². The van der Waals surface area contributed by atoms with Crippen molar-refractivity contribution in [2.24, 2.45) is 0 Å². The van der Waals surface area contributed by atoms with Crippen LogP contribution in [0.1, 0.15) is 57.4 Å². The molecule has 6 rings (SSSR count). The van der Waals surface area contributed by atoms with Crippen LogP contribution in [0.15, 0.2) is 118 Å². The first kappa shape index (κ1) is 26.6. The van der Waals surface area contributed by atoms with Crippen molar-refractivity contribution in [2.45, 2.75) is 50.6 Å².